The van der Waals surface area contributed by atoms with Crippen LogP contribution in [0.2, 0.25) is 0 Å². The summed E-state index contributed by atoms with van der Waals surface area (Å²) in [5.41, 5.74) is 0.625. The summed E-state index contributed by atoms with van der Waals surface area (Å²) in [5, 5.41) is 12.7. The van der Waals surface area contributed by atoms with Crippen molar-refractivity contribution in [3.05, 3.63) is 47.0 Å². The fourth-order valence-electron chi connectivity index (χ4n) is 2.64. The lowest BCUT2D eigenvalue weighted by atomic mass is 10.1. The normalized spacial score (nSPS) is 17.6. The second-order valence-electron chi connectivity index (χ2n) is 6.37. The zero-order valence-corrected chi connectivity index (χ0v) is 18.2. The molecule has 1 saturated heterocycles. The summed E-state index contributed by atoms with van der Waals surface area (Å²) in [5.74, 6) is -2.59. The van der Waals surface area contributed by atoms with E-state index in [2.05, 4.69) is 26.1 Å². The third kappa shape index (κ3) is 5.80. The largest absolute Gasteiger partial charge is 0.439 e. The molecule has 32 heavy (non-hydrogen) atoms. The molecule has 13 heteroatoms. The second-order valence-corrected chi connectivity index (χ2v) is 7.50. The first kappa shape index (κ1) is 23.2. The minimum absolute atomic E-state index is 0.0138. The number of ether oxygens (including phenoxy) is 1. The predicted molar refractivity (Wildman–Crippen MR) is 115 cm³/mol. The molecule has 1 aromatic carbocycles. The van der Waals surface area contributed by atoms with Gasteiger partial charge in [-0.15, -0.1) is 22.9 Å². The van der Waals surface area contributed by atoms with Crippen molar-refractivity contribution in [2.75, 3.05) is 18.3 Å². The molecule has 0 saturated carbocycles. The minimum Gasteiger partial charge on any atom is -0.439 e. The van der Waals surface area contributed by atoms with E-state index in [1.54, 1.807) is 24.3 Å². The Kier molecular flexibility index (Phi) is 7.73. The van der Waals surface area contributed by atoms with E-state index in [1.807, 2.05) is 6.07 Å². The van der Waals surface area contributed by atoms with Gasteiger partial charge >= 0.3 is 5.97 Å². The molecular formula is C19H18ClN5O6S. The van der Waals surface area contributed by atoms with Crippen molar-refractivity contribution in [3.8, 4) is 0 Å². The third-order valence-electron chi connectivity index (χ3n) is 4.12. The predicted octanol–water partition coefficient (Wildman–Crippen LogP) is 0.398. The number of aromatic nitrogens is 1. The number of amides is 3. The Balaban J connectivity index is 1.62. The van der Waals surface area contributed by atoms with Crippen LogP contribution in [0.5, 0.6) is 0 Å². The zero-order valence-electron chi connectivity index (χ0n) is 16.7. The average Bonchev–Trinajstić information content (AvgIpc) is 3.23. The van der Waals surface area contributed by atoms with Gasteiger partial charge in [0.2, 0.25) is 12.1 Å². The molecule has 3 rings (SSSR count). The maximum absolute atomic E-state index is 12.7. The Hall–Kier alpha value is -3.51. The Morgan fingerprint density at radius 3 is 2.69 bits per heavy atom. The summed E-state index contributed by atoms with van der Waals surface area (Å²) in [6.07, 6.45) is -1.01. The van der Waals surface area contributed by atoms with Crippen LogP contribution in [0.3, 0.4) is 0 Å². The molecule has 0 radical (unpaired) electrons. The maximum atomic E-state index is 12.7. The quantitative estimate of drug-likeness (QED) is 0.155. The summed E-state index contributed by atoms with van der Waals surface area (Å²) in [6, 6.07) is 7.83. The lowest BCUT2D eigenvalue weighted by molar-refractivity contribution is -0.165. The van der Waals surface area contributed by atoms with Gasteiger partial charge in [-0.2, -0.15) is 0 Å². The number of nitrogens with one attached hydrogen (secondary N) is 3. The lowest BCUT2D eigenvalue weighted by Gasteiger charge is -2.35. The van der Waals surface area contributed by atoms with Gasteiger partial charge in [0, 0.05) is 5.38 Å². The molecule has 0 bridgehead atoms. The van der Waals surface area contributed by atoms with Crippen molar-refractivity contribution >= 4 is 57.5 Å². The molecule has 3 N–H and O–H groups in total. The number of esters is 1. The molecule has 2 heterocycles. The van der Waals surface area contributed by atoms with Crippen LogP contribution >= 0.6 is 22.9 Å². The molecule has 0 unspecified atom stereocenters. The van der Waals surface area contributed by atoms with Crippen LogP contribution in [-0.4, -0.2) is 59.6 Å². The number of hydrogen-bond donors (Lipinski definition) is 3. The topological polar surface area (TPSA) is 148 Å². The van der Waals surface area contributed by atoms with Crippen LogP contribution in [-0.2, 0) is 35.2 Å². The number of oxime groups is 1. The van der Waals surface area contributed by atoms with E-state index in [1.165, 1.54) is 12.5 Å². The van der Waals surface area contributed by atoms with Gasteiger partial charge in [0.15, 0.2) is 16.9 Å². The highest BCUT2D eigenvalue weighted by Crippen LogP contribution is 2.17. The van der Waals surface area contributed by atoms with E-state index in [0.29, 0.717) is 0 Å². The molecule has 1 aliphatic heterocycles. The number of alkyl halides is 1. The van der Waals surface area contributed by atoms with Crippen molar-refractivity contribution in [3.63, 3.8) is 0 Å². The van der Waals surface area contributed by atoms with Crippen LogP contribution in [0.1, 0.15) is 11.3 Å². The standard InChI is InChI=1S/C19H18ClN5O6S/c1-30-25-14(11-9-32-19(21-11)22-12(26)8-20)16(28)23-15-17(29)24-18(15)31-13(27)7-10-5-3-2-4-6-10/h2-6,9,15,18H,7-8H2,1H3,(H,23,28)(H,24,29)(H,21,22,26)/t15-,18+/m1/s1. The molecule has 1 aromatic heterocycles. The van der Waals surface area contributed by atoms with Gasteiger partial charge in [-0.25, -0.2) is 4.98 Å². The van der Waals surface area contributed by atoms with Crippen molar-refractivity contribution in [1.29, 1.82) is 0 Å². The van der Waals surface area contributed by atoms with Crippen LogP contribution in [0.15, 0.2) is 40.9 Å². The SMILES string of the molecule is CON=C(C(=O)N[C@@H]1C(=O)N[C@H]1OC(=O)Cc1ccccc1)c1csc(NC(=O)CCl)n1. The number of nitrogens with zero attached hydrogens (tertiary/aromatic N) is 2. The highest BCUT2D eigenvalue weighted by Gasteiger charge is 2.44. The van der Waals surface area contributed by atoms with Gasteiger partial charge in [-0.3, -0.25) is 19.2 Å². The number of halogens is 1. The Morgan fingerprint density at radius 1 is 1.28 bits per heavy atom. The van der Waals surface area contributed by atoms with Gasteiger partial charge < -0.3 is 25.5 Å². The number of carbonyl (C=O) groups excluding carboxylic acids is 4. The Morgan fingerprint density at radius 2 is 2.03 bits per heavy atom. The molecule has 2 atom stereocenters. The molecule has 0 spiro atoms. The van der Waals surface area contributed by atoms with Gasteiger partial charge in [0.05, 0.1) is 6.42 Å². The van der Waals surface area contributed by atoms with Crippen molar-refractivity contribution in [2.45, 2.75) is 18.7 Å². The van der Waals surface area contributed by atoms with Gasteiger partial charge in [-0.05, 0) is 5.56 Å². The smallest absolute Gasteiger partial charge is 0.312 e. The zero-order chi connectivity index (χ0) is 23.1. The summed E-state index contributed by atoms with van der Waals surface area (Å²) in [6.45, 7) is 0. The Bertz CT molecular complexity index is 1040. The number of carbonyl (C=O) groups is 4. The first-order valence-electron chi connectivity index (χ1n) is 9.18. The number of thiazole rings is 1. The molecule has 1 aliphatic rings. The number of β-lactam (4-membered cyclic amide) rings is 1. The van der Waals surface area contributed by atoms with Crippen LogP contribution in [0.25, 0.3) is 0 Å². The first-order valence-corrected chi connectivity index (χ1v) is 10.6. The van der Waals surface area contributed by atoms with E-state index in [4.69, 9.17) is 21.2 Å². The van der Waals surface area contributed by atoms with Crippen molar-refractivity contribution in [2.24, 2.45) is 5.16 Å². The fraction of sp³-hybridized carbons (Fsp3) is 0.263. The molecule has 0 aliphatic carbocycles. The first-order chi connectivity index (χ1) is 15.4. The van der Waals surface area contributed by atoms with E-state index in [9.17, 15) is 19.2 Å². The maximum Gasteiger partial charge on any atom is 0.312 e. The van der Waals surface area contributed by atoms with Gasteiger partial charge in [0.25, 0.3) is 11.8 Å². The lowest BCUT2D eigenvalue weighted by Crippen LogP contribution is -2.71. The van der Waals surface area contributed by atoms with Crippen LogP contribution in [0.4, 0.5) is 5.13 Å². The summed E-state index contributed by atoms with van der Waals surface area (Å²) >= 11 is 6.49. The summed E-state index contributed by atoms with van der Waals surface area (Å²) in [4.78, 5) is 57.0. The van der Waals surface area contributed by atoms with E-state index >= 15 is 0 Å². The number of anilines is 1. The van der Waals surface area contributed by atoms with E-state index < -0.39 is 36.0 Å². The minimum atomic E-state index is -1.11. The molecular weight excluding hydrogens is 462 g/mol. The summed E-state index contributed by atoms with van der Waals surface area (Å²) in [7, 11) is 1.24. The molecule has 168 valence electrons. The molecule has 1 fully saturated rings. The van der Waals surface area contributed by atoms with Crippen LogP contribution in [0, 0.1) is 0 Å². The number of hydrogen-bond acceptors (Lipinski definition) is 9. The van der Waals surface area contributed by atoms with Crippen LogP contribution < -0.4 is 16.0 Å². The van der Waals surface area contributed by atoms with Gasteiger partial charge in [0.1, 0.15) is 18.7 Å². The molecule has 11 nitrogen and oxygen atoms in total. The number of rotatable bonds is 9. The number of benzene rings is 1. The van der Waals surface area contributed by atoms with Crippen molar-refractivity contribution in [1.82, 2.24) is 15.6 Å². The fourth-order valence-corrected chi connectivity index (χ4v) is 3.42. The third-order valence-corrected chi connectivity index (χ3v) is 5.12. The highest BCUT2D eigenvalue weighted by molar-refractivity contribution is 7.14. The van der Waals surface area contributed by atoms with E-state index in [0.717, 1.165) is 16.9 Å². The van der Waals surface area contributed by atoms with Gasteiger partial charge in [-0.1, -0.05) is 35.5 Å². The summed E-state index contributed by atoms with van der Waals surface area (Å²) < 4.78 is 5.25. The molecule has 2 aromatic rings. The molecule has 3 amide bonds. The second kappa shape index (κ2) is 10.7. The average molecular weight is 480 g/mol. The monoisotopic (exact) mass is 479 g/mol. The van der Waals surface area contributed by atoms with Crippen molar-refractivity contribution < 1.29 is 28.8 Å². The Labute approximate surface area is 191 Å². The highest BCUT2D eigenvalue weighted by atomic mass is 35.5. The van der Waals surface area contributed by atoms with E-state index in [-0.39, 0.29) is 28.8 Å².